The Balaban J connectivity index is 0. The Kier molecular flexibility index (Phi) is 16.9. The van der Waals surface area contributed by atoms with Gasteiger partial charge in [0, 0.05) is 23.5 Å². The van der Waals surface area contributed by atoms with E-state index in [1.165, 1.54) is 0 Å². The first kappa shape index (κ1) is 47.4. The van der Waals surface area contributed by atoms with Gasteiger partial charge >= 0.3 is 33.0 Å². The molecule has 2 N–H and O–H groups in total. The van der Waals surface area contributed by atoms with Gasteiger partial charge in [0.15, 0.2) is 0 Å². The van der Waals surface area contributed by atoms with Gasteiger partial charge in [-0.3, -0.25) is 0 Å². The summed E-state index contributed by atoms with van der Waals surface area (Å²) in [6.45, 7) is 27.4. The van der Waals surface area contributed by atoms with E-state index in [-0.39, 0.29) is 66.1 Å². The third-order valence-corrected chi connectivity index (χ3v) is 9.01. The summed E-state index contributed by atoms with van der Waals surface area (Å²) in [4.78, 5) is 45.1. The predicted molar refractivity (Wildman–Crippen MR) is 172 cm³/mol. The fraction of sp³-hybridized carbons (Fsp3) is 0.647. The van der Waals surface area contributed by atoms with E-state index in [0.29, 0.717) is 35.1 Å². The Bertz CT molecular complexity index is 1320. The van der Waals surface area contributed by atoms with Crippen LogP contribution in [-0.2, 0) is 88.9 Å². The molecule has 2 aromatic carbocycles. The molecule has 0 radical (unpaired) electrons. The van der Waals surface area contributed by atoms with Crippen LogP contribution in [0.5, 0.6) is 11.5 Å². The zero-order valence-corrected chi connectivity index (χ0v) is 33.6. The first-order chi connectivity index (χ1) is 19.4. The molecule has 0 unspecified atom stereocenters. The smallest absolute Gasteiger partial charge is 0.810 e. The van der Waals surface area contributed by atoms with Crippen LogP contribution in [0.15, 0.2) is 12.1 Å². The Morgan fingerprint density at radius 2 is 0.783 bits per heavy atom. The molecule has 0 aliphatic rings. The van der Waals surface area contributed by atoms with Crippen molar-refractivity contribution in [3.8, 4) is 11.5 Å². The third kappa shape index (κ3) is 13.0. The van der Waals surface area contributed by atoms with Gasteiger partial charge in [0.05, 0.1) is 0 Å². The van der Waals surface area contributed by atoms with E-state index in [1.54, 1.807) is 12.1 Å². The standard InChI is InChI=1S/2C17H29O4P.2Ni/c2*1-8-12-11(10-22(19,20)21)9-13(16(2,3)4)15(18)14(12)17(5,6)7;;/h2*9,18H,8,10H2,1-7H3,(H2,19,20,21);;/q;;2*+2/p-4. The summed E-state index contributed by atoms with van der Waals surface area (Å²) in [5.41, 5.74) is 4.03. The molecule has 2 aromatic rings. The zero-order valence-electron chi connectivity index (χ0n) is 29.9. The molecular weight excluding hydrogens is 716 g/mol. The van der Waals surface area contributed by atoms with Crippen LogP contribution < -0.4 is 19.6 Å². The molecule has 0 aliphatic carbocycles. The molecule has 2 rings (SSSR count). The van der Waals surface area contributed by atoms with Gasteiger partial charge < -0.3 is 38.9 Å². The quantitative estimate of drug-likeness (QED) is 0.270. The van der Waals surface area contributed by atoms with Crippen LogP contribution in [0.1, 0.15) is 141 Å². The van der Waals surface area contributed by atoms with Gasteiger partial charge in [0.2, 0.25) is 0 Å². The number of phenolic OH excluding ortho intramolecular Hbond substituents is 2. The van der Waals surface area contributed by atoms with E-state index in [9.17, 15) is 38.9 Å². The fourth-order valence-corrected chi connectivity index (χ4v) is 7.20. The van der Waals surface area contributed by atoms with Gasteiger partial charge in [-0.1, -0.05) is 124 Å². The maximum absolute atomic E-state index is 11.3. The maximum Gasteiger partial charge on any atom is 2.00 e. The fourth-order valence-electron chi connectivity index (χ4n) is 5.80. The summed E-state index contributed by atoms with van der Waals surface area (Å²) < 4.78 is 22.6. The largest absolute Gasteiger partial charge is 2.00 e. The molecule has 0 bridgehead atoms. The first-order valence-corrected chi connectivity index (χ1v) is 18.6. The van der Waals surface area contributed by atoms with Crippen LogP contribution in [0.2, 0.25) is 0 Å². The number of benzene rings is 2. The molecule has 0 spiro atoms. The van der Waals surface area contributed by atoms with E-state index < -0.39 is 27.5 Å². The van der Waals surface area contributed by atoms with Crippen LogP contribution >= 0.6 is 15.2 Å². The summed E-state index contributed by atoms with van der Waals surface area (Å²) in [5.74, 6) is 0.430. The van der Waals surface area contributed by atoms with Crippen molar-refractivity contribution in [3.05, 3.63) is 56.6 Å². The van der Waals surface area contributed by atoms with Crippen LogP contribution in [0.3, 0.4) is 0 Å². The molecule has 8 nitrogen and oxygen atoms in total. The SMILES string of the molecule is CCc1c(CP(=O)([O-])[O-])cc(C(C)(C)C)c(O)c1C(C)(C)C.CCc1c(CP(=O)([O-])[O-])cc(C(C)(C)C)c(O)c1C(C)(C)C.[Ni+2].[Ni+2]. The second kappa shape index (κ2) is 16.4. The molecule has 0 aromatic heterocycles. The maximum atomic E-state index is 11.3. The van der Waals surface area contributed by atoms with Gasteiger partial charge in [0.25, 0.3) is 0 Å². The van der Waals surface area contributed by atoms with Crippen molar-refractivity contribution in [2.75, 3.05) is 0 Å². The molecule has 0 amide bonds. The second-order valence-corrected chi connectivity index (χ2v) is 18.9. The summed E-state index contributed by atoms with van der Waals surface area (Å²) >= 11 is 0. The molecule has 0 aliphatic heterocycles. The minimum atomic E-state index is -4.67. The summed E-state index contributed by atoms with van der Waals surface area (Å²) in [7, 11) is -9.34. The predicted octanol–water partition coefficient (Wildman–Crippen LogP) is 5.92. The Labute approximate surface area is 297 Å². The number of rotatable bonds is 6. The summed E-state index contributed by atoms with van der Waals surface area (Å²) in [6, 6.07) is 3.37. The van der Waals surface area contributed by atoms with E-state index in [4.69, 9.17) is 0 Å². The van der Waals surface area contributed by atoms with Crippen LogP contribution in [0.25, 0.3) is 0 Å². The summed E-state index contributed by atoms with van der Waals surface area (Å²) in [5, 5.41) is 21.5. The van der Waals surface area contributed by atoms with Crippen molar-refractivity contribution in [2.24, 2.45) is 0 Å². The van der Waals surface area contributed by atoms with Gasteiger partial charge in [-0.15, -0.1) is 0 Å². The van der Waals surface area contributed by atoms with E-state index in [0.717, 1.165) is 22.3 Å². The van der Waals surface area contributed by atoms with Crippen LogP contribution in [0, 0.1) is 0 Å². The molecule has 0 saturated carbocycles. The average molecular weight is 770 g/mol. The first-order valence-electron chi connectivity index (χ1n) is 15.2. The Hall–Kier alpha value is -0.673. The number of aromatic hydroxyl groups is 2. The number of phenols is 2. The van der Waals surface area contributed by atoms with Gasteiger partial charge in [0.1, 0.15) is 11.5 Å². The monoisotopic (exact) mass is 768 g/mol. The molecule has 0 atom stereocenters. The van der Waals surface area contributed by atoms with Crippen molar-refractivity contribution >= 4 is 15.2 Å². The second-order valence-electron chi connectivity index (χ2n) is 15.8. The van der Waals surface area contributed by atoms with Crippen molar-refractivity contribution in [3.63, 3.8) is 0 Å². The van der Waals surface area contributed by atoms with E-state index in [1.807, 2.05) is 96.9 Å². The van der Waals surface area contributed by atoms with E-state index >= 15 is 0 Å². The van der Waals surface area contributed by atoms with E-state index in [2.05, 4.69) is 0 Å². The van der Waals surface area contributed by atoms with Crippen molar-refractivity contribution < 1.29 is 71.9 Å². The average Bonchev–Trinajstić information content (AvgIpc) is 2.75. The number of hydrogen-bond acceptors (Lipinski definition) is 8. The molecule has 268 valence electrons. The van der Waals surface area contributed by atoms with Crippen molar-refractivity contribution in [2.45, 2.75) is 144 Å². The summed E-state index contributed by atoms with van der Waals surface area (Å²) in [6.07, 6.45) is 0.116. The zero-order chi connectivity index (χ0) is 35.0. The Morgan fingerprint density at radius 1 is 0.543 bits per heavy atom. The number of hydrogen-bond donors (Lipinski definition) is 2. The van der Waals surface area contributed by atoms with Gasteiger partial charge in [-0.25, -0.2) is 0 Å². The normalized spacial score (nSPS) is 12.9. The third-order valence-electron chi connectivity index (χ3n) is 7.55. The van der Waals surface area contributed by atoms with Crippen molar-refractivity contribution in [1.29, 1.82) is 0 Å². The Morgan fingerprint density at radius 3 is 0.935 bits per heavy atom. The topological polar surface area (TPSA) is 167 Å². The molecule has 46 heavy (non-hydrogen) atoms. The molecule has 0 fully saturated rings. The van der Waals surface area contributed by atoms with Crippen LogP contribution in [-0.4, -0.2) is 10.2 Å². The van der Waals surface area contributed by atoms with Crippen molar-refractivity contribution in [1.82, 2.24) is 0 Å². The minimum Gasteiger partial charge on any atom is -0.810 e. The molecule has 0 heterocycles. The molecule has 12 heteroatoms. The molecular formula is C34H54Ni2O8P2. The van der Waals surface area contributed by atoms with Crippen LogP contribution in [0.4, 0.5) is 0 Å². The minimum absolute atomic E-state index is 0. The van der Waals surface area contributed by atoms with Gasteiger partial charge in [-0.2, -0.15) is 0 Å². The molecule has 0 saturated heterocycles. The van der Waals surface area contributed by atoms with Gasteiger partial charge in [-0.05, 0) is 67.9 Å².